The number of nitrogens with zero attached hydrogens (tertiary/aromatic N) is 1. The third-order valence-electron chi connectivity index (χ3n) is 5.16. The van der Waals surface area contributed by atoms with Crippen LogP contribution in [0.3, 0.4) is 0 Å². The zero-order valence-electron chi connectivity index (χ0n) is 15.2. The van der Waals surface area contributed by atoms with E-state index in [0.29, 0.717) is 12.3 Å². The SMILES string of the molecule is Cc1cccc([C@H](NC(=O)CCCc2c[nH]c3ccccc23)C2CC2)n1. The first-order valence-electron chi connectivity index (χ1n) is 9.48. The molecule has 134 valence electrons. The van der Waals surface area contributed by atoms with Crippen molar-refractivity contribution in [3.63, 3.8) is 0 Å². The molecule has 1 aliphatic rings. The number of aromatic amines is 1. The summed E-state index contributed by atoms with van der Waals surface area (Å²) in [5.41, 5.74) is 4.44. The lowest BCUT2D eigenvalue weighted by molar-refractivity contribution is -0.122. The van der Waals surface area contributed by atoms with E-state index in [1.165, 1.54) is 23.8 Å². The molecule has 1 fully saturated rings. The molecule has 1 aliphatic carbocycles. The van der Waals surface area contributed by atoms with Gasteiger partial charge in [-0.05, 0) is 62.3 Å². The molecule has 1 aromatic carbocycles. The standard InChI is InChI=1S/C22H25N3O/c1-15-6-4-10-20(24-15)22(16-12-13-16)25-21(26)11-5-7-17-14-23-19-9-3-2-8-18(17)19/h2-4,6,8-10,14,16,22-23H,5,7,11-13H2,1H3,(H,25,26)/t22-/m1/s1. The number of carbonyl (C=O) groups is 1. The van der Waals surface area contributed by atoms with E-state index in [9.17, 15) is 4.79 Å². The van der Waals surface area contributed by atoms with E-state index in [0.717, 1.165) is 29.7 Å². The van der Waals surface area contributed by atoms with Crippen LogP contribution in [-0.4, -0.2) is 15.9 Å². The van der Waals surface area contributed by atoms with Crippen molar-refractivity contribution in [2.45, 2.75) is 45.1 Å². The van der Waals surface area contributed by atoms with E-state index in [4.69, 9.17) is 0 Å². The highest BCUT2D eigenvalue weighted by molar-refractivity contribution is 5.83. The Labute approximate surface area is 154 Å². The Morgan fingerprint density at radius 3 is 2.88 bits per heavy atom. The zero-order chi connectivity index (χ0) is 17.9. The summed E-state index contributed by atoms with van der Waals surface area (Å²) >= 11 is 0. The number of para-hydroxylation sites is 1. The van der Waals surface area contributed by atoms with Gasteiger partial charge in [-0.1, -0.05) is 24.3 Å². The third-order valence-corrected chi connectivity index (χ3v) is 5.16. The van der Waals surface area contributed by atoms with Crippen LogP contribution in [0.2, 0.25) is 0 Å². The fraction of sp³-hybridized carbons (Fsp3) is 0.364. The fourth-order valence-corrected chi connectivity index (χ4v) is 3.62. The minimum absolute atomic E-state index is 0.0653. The first kappa shape index (κ1) is 16.8. The van der Waals surface area contributed by atoms with Gasteiger partial charge in [-0.15, -0.1) is 0 Å². The lowest BCUT2D eigenvalue weighted by Gasteiger charge is -2.18. The lowest BCUT2D eigenvalue weighted by atomic mass is 10.1. The average Bonchev–Trinajstić information content (AvgIpc) is 3.41. The highest BCUT2D eigenvalue weighted by Crippen LogP contribution is 2.40. The summed E-state index contributed by atoms with van der Waals surface area (Å²) in [7, 11) is 0. The summed E-state index contributed by atoms with van der Waals surface area (Å²) in [5, 5.41) is 4.49. The number of aromatic nitrogens is 2. The summed E-state index contributed by atoms with van der Waals surface area (Å²) in [6.07, 6.45) is 6.73. The second kappa shape index (κ2) is 7.32. The van der Waals surface area contributed by atoms with E-state index in [2.05, 4.69) is 39.7 Å². The summed E-state index contributed by atoms with van der Waals surface area (Å²) in [6.45, 7) is 2.00. The van der Waals surface area contributed by atoms with Gasteiger partial charge in [0.15, 0.2) is 0 Å². The number of pyridine rings is 1. The predicted octanol–water partition coefficient (Wildman–Crippen LogP) is 4.46. The number of amides is 1. The second-order valence-electron chi connectivity index (χ2n) is 7.30. The third kappa shape index (κ3) is 3.79. The Kier molecular flexibility index (Phi) is 4.74. The normalized spacial score (nSPS) is 15.1. The van der Waals surface area contributed by atoms with Crippen LogP contribution in [0.5, 0.6) is 0 Å². The van der Waals surface area contributed by atoms with Crippen LogP contribution < -0.4 is 5.32 Å². The summed E-state index contributed by atoms with van der Waals surface area (Å²) in [4.78, 5) is 20.4. The molecule has 3 aromatic rings. The zero-order valence-corrected chi connectivity index (χ0v) is 15.2. The number of carbonyl (C=O) groups excluding carboxylic acids is 1. The molecule has 0 bridgehead atoms. The van der Waals surface area contributed by atoms with Crippen molar-refractivity contribution >= 4 is 16.8 Å². The Balaban J connectivity index is 1.34. The maximum absolute atomic E-state index is 12.5. The van der Waals surface area contributed by atoms with Crippen LogP contribution in [0.4, 0.5) is 0 Å². The maximum atomic E-state index is 12.5. The maximum Gasteiger partial charge on any atom is 0.220 e. The topological polar surface area (TPSA) is 57.8 Å². The van der Waals surface area contributed by atoms with Crippen molar-refractivity contribution in [2.24, 2.45) is 5.92 Å². The van der Waals surface area contributed by atoms with E-state index < -0.39 is 0 Å². The smallest absolute Gasteiger partial charge is 0.220 e. The molecule has 1 amide bonds. The number of H-pyrrole nitrogens is 1. The summed E-state index contributed by atoms with van der Waals surface area (Å²) in [5.74, 6) is 0.673. The van der Waals surface area contributed by atoms with Crippen LogP contribution in [0.15, 0.2) is 48.7 Å². The van der Waals surface area contributed by atoms with Crippen molar-refractivity contribution in [3.8, 4) is 0 Å². The van der Waals surface area contributed by atoms with Crippen molar-refractivity contribution in [1.29, 1.82) is 0 Å². The molecule has 1 saturated carbocycles. The summed E-state index contributed by atoms with van der Waals surface area (Å²) in [6, 6.07) is 14.4. The molecule has 0 radical (unpaired) electrons. The van der Waals surface area contributed by atoms with Crippen LogP contribution in [-0.2, 0) is 11.2 Å². The molecule has 26 heavy (non-hydrogen) atoms. The van der Waals surface area contributed by atoms with E-state index >= 15 is 0 Å². The molecule has 2 N–H and O–H groups in total. The minimum atomic E-state index is 0.0653. The van der Waals surface area contributed by atoms with Gasteiger partial charge in [-0.25, -0.2) is 0 Å². The van der Waals surface area contributed by atoms with Crippen LogP contribution >= 0.6 is 0 Å². The molecule has 4 heteroatoms. The number of benzene rings is 1. The van der Waals surface area contributed by atoms with Crippen LogP contribution in [0.1, 0.15) is 48.7 Å². The Morgan fingerprint density at radius 2 is 2.08 bits per heavy atom. The minimum Gasteiger partial charge on any atom is -0.361 e. The van der Waals surface area contributed by atoms with Gasteiger partial charge in [0.2, 0.25) is 5.91 Å². The fourth-order valence-electron chi connectivity index (χ4n) is 3.62. The number of hydrogen-bond donors (Lipinski definition) is 2. The van der Waals surface area contributed by atoms with Gasteiger partial charge in [-0.2, -0.15) is 0 Å². The van der Waals surface area contributed by atoms with Gasteiger partial charge >= 0.3 is 0 Å². The van der Waals surface area contributed by atoms with Crippen molar-refractivity contribution in [3.05, 3.63) is 65.6 Å². The molecule has 1 atom stereocenters. The molecule has 0 spiro atoms. The van der Waals surface area contributed by atoms with Crippen molar-refractivity contribution in [1.82, 2.24) is 15.3 Å². The molecule has 0 unspecified atom stereocenters. The van der Waals surface area contributed by atoms with Gasteiger partial charge in [0.05, 0.1) is 11.7 Å². The lowest BCUT2D eigenvalue weighted by Crippen LogP contribution is -2.30. The Bertz CT molecular complexity index is 910. The van der Waals surface area contributed by atoms with Gasteiger partial charge in [0.1, 0.15) is 0 Å². The Morgan fingerprint density at radius 1 is 1.23 bits per heavy atom. The number of fused-ring (bicyclic) bond motifs is 1. The highest BCUT2D eigenvalue weighted by Gasteiger charge is 2.34. The second-order valence-corrected chi connectivity index (χ2v) is 7.30. The van der Waals surface area contributed by atoms with E-state index in [1.54, 1.807) is 0 Å². The molecule has 0 saturated heterocycles. The first-order valence-corrected chi connectivity index (χ1v) is 9.48. The molecule has 2 aromatic heterocycles. The van der Waals surface area contributed by atoms with Gasteiger partial charge in [0.25, 0.3) is 0 Å². The van der Waals surface area contributed by atoms with Crippen molar-refractivity contribution in [2.75, 3.05) is 0 Å². The predicted molar refractivity (Wildman–Crippen MR) is 104 cm³/mol. The van der Waals surface area contributed by atoms with Crippen LogP contribution in [0, 0.1) is 12.8 Å². The van der Waals surface area contributed by atoms with E-state index in [-0.39, 0.29) is 11.9 Å². The average molecular weight is 347 g/mol. The molecule has 4 nitrogen and oxygen atoms in total. The Hall–Kier alpha value is -2.62. The van der Waals surface area contributed by atoms with Gasteiger partial charge in [0, 0.05) is 29.2 Å². The van der Waals surface area contributed by atoms with Gasteiger partial charge in [-0.3, -0.25) is 9.78 Å². The molecule has 4 rings (SSSR count). The number of hydrogen-bond acceptors (Lipinski definition) is 2. The molecular formula is C22H25N3O. The largest absolute Gasteiger partial charge is 0.361 e. The van der Waals surface area contributed by atoms with Crippen molar-refractivity contribution < 1.29 is 4.79 Å². The molecule has 0 aliphatic heterocycles. The molecule has 2 heterocycles. The quantitative estimate of drug-likeness (QED) is 0.663. The monoisotopic (exact) mass is 347 g/mol. The van der Waals surface area contributed by atoms with Gasteiger partial charge < -0.3 is 10.3 Å². The highest BCUT2D eigenvalue weighted by atomic mass is 16.1. The number of aryl methyl sites for hydroxylation is 2. The summed E-state index contributed by atoms with van der Waals surface area (Å²) < 4.78 is 0. The number of rotatable bonds is 7. The molecular weight excluding hydrogens is 322 g/mol. The van der Waals surface area contributed by atoms with E-state index in [1.807, 2.05) is 31.2 Å². The van der Waals surface area contributed by atoms with Crippen LogP contribution in [0.25, 0.3) is 10.9 Å². The number of nitrogens with one attached hydrogen (secondary N) is 2. The first-order chi connectivity index (χ1) is 12.7.